The summed E-state index contributed by atoms with van der Waals surface area (Å²) < 4.78 is 1.74. The van der Waals surface area contributed by atoms with Gasteiger partial charge in [-0.05, 0) is 41.6 Å². The van der Waals surface area contributed by atoms with Crippen LogP contribution in [0.2, 0.25) is 0 Å². The second kappa shape index (κ2) is 5.52. The van der Waals surface area contributed by atoms with Crippen molar-refractivity contribution in [3.05, 3.63) is 66.0 Å². The Morgan fingerprint density at radius 3 is 2.50 bits per heavy atom. The maximum Gasteiger partial charge on any atom is 0.175 e. The summed E-state index contributed by atoms with van der Waals surface area (Å²) in [4.78, 5) is 0. The van der Waals surface area contributed by atoms with Crippen LogP contribution < -0.4 is 5.32 Å². The fourth-order valence-corrected chi connectivity index (χ4v) is 1.94. The van der Waals surface area contributed by atoms with E-state index in [2.05, 4.69) is 39.9 Å². The molecule has 2 aromatic carbocycles. The molecule has 1 heterocycles. The first-order valence-electron chi connectivity index (χ1n) is 6.46. The Morgan fingerprint density at radius 2 is 1.75 bits per heavy atom. The Kier molecular flexibility index (Phi) is 3.41. The van der Waals surface area contributed by atoms with Crippen molar-refractivity contribution in [2.75, 3.05) is 5.32 Å². The van der Waals surface area contributed by atoms with Crippen molar-refractivity contribution >= 4 is 5.69 Å². The van der Waals surface area contributed by atoms with Gasteiger partial charge in [0.15, 0.2) is 5.82 Å². The van der Waals surface area contributed by atoms with Crippen LogP contribution in [0.4, 0.5) is 5.69 Å². The molecule has 0 aliphatic carbocycles. The molecule has 0 aliphatic heterocycles. The molecule has 0 atom stereocenters. The summed E-state index contributed by atoms with van der Waals surface area (Å²) >= 11 is 0. The largest absolute Gasteiger partial charge is 0.378 e. The van der Waals surface area contributed by atoms with Gasteiger partial charge in [0, 0.05) is 5.69 Å². The van der Waals surface area contributed by atoms with Crippen molar-refractivity contribution in [2.45, 2.75) is 13.5 Å². The highest BCUT2D eigenvalue weighted by atomic mass is 15.5. The average Bonchev–Trinajstić information content (AvgIpc) is 2.96. The van der Waals surface area contributed by atoms with Crippen molar-refractivity contribution in [1.29, 1.82) is 0 Å². The minimum Gasteiger partial charge on any atom is -0.378 e. The van der Waals surface area contributed by atoms with Crippen LogP contribution in [0.25, 0.3) is 5.69 Å². The van der Waals surface area contributed by atoms with Crippen LogP contribution in [0.3, 0.4) is 0 Å². The molecule has 20 heavy (non-hydrogen) atoms. The van der Waals surface area contributed by atoms with Gasteiger partial charge in [-0.3, -0.25) is 0 Å². The molecule has 0 radical (unpaired) electrons. The molecule has 5 heteroatoms. The molecular formula is C15H15N5. The fraction of sp³-hybridized carbons (Fsp3) is 0.133. The second-order valence-electron chi connectivity index (χ2n) is 4.56. The second-order valence-corrected chi connectivity index (χ2v) is 4.56. The summed E-state index contributed by atoms with van der Waals surface area (Å²) in [5.74, 6) is 0.775. The monoisotopic (exact) mass is 265 g/mol. The van der Waals surface area contributed by atoms with Gasteiger partial charge in [0.25, 0.3) is 0 Å². The maximum absolute atomic E-state index is 4.06. The molecule has 1 aromatic heterocycles. The lowest BCUT2D eigenvalue weighted by Crippen LogP contribution is -2.08. The SMILES string of the molecule is Cc1ccc(NCc2nnnn2-c2ccccc2)cc1. The van der Waals surface area contributed by atoms with Gasteiger partial charge in [-0.15, -0.1) is 5.10 Å². The van der Waals surface area contributed by atoms with Crippen molar-refractivity contribution in [2.24, 2.45) is 0 Å². The summed E-state index contributed by atoms with van der Waals surface area (Å²) in [6.45, 7) is 2.64. The lowest BCUT2D eigenvalue weighted by atomic mass is 10.2. The highest BCUT2D eigenvalue weighted by Gasteiger charge is 2.07. The quantitative estimate of drug-likeness (QED) is 0.787. The van der Waals surface area contributed by atoms with Crippen LogP contribution in [-0.4, -0.2) is 20.2 Å². The van der Waals surface area contributed by atoms with Crippen LogP contribution in [0, 0.1) is 6.92 Å². The Balaban J connectivity index is 1.76. The van der Waals surface area contributed by atoms with Crippen LogP contribution in [-0.2, 0) is 6.54 Å². The third-order valence-corrected chi connectivity index (χ3v) is 3.04. The third-order valence-electron chi connectivity index (χ3n) is 3.04. The van der Waals surface area contributed by atoms with Gasteiger partial charge in [0.2, 0.25) is 0 Å². The van der Waals surface area contributed by atoms with Gasteiger partial charge in [-0.25, -0.2) is 0 Å². The van der Waals surface area contributed by atoms with E-state index in [-0.39, 0.29) is 0 Å². The van der Waals surface area contributed by atoms with Crippen LogP contribution in [0.5, 0.6) is 0 Å². The van der Waals surface area contributed by atoms with E-state index >= 15 is 0 Å². The number of hydrogen-bond acceptors (Lipinski definition) is 4. The molecule has 0 saturated heterocycles. The molecule has 0 spiro atoms. The Bertz CT molecular complexity index is 673. The highest BCUT2D eigenvalue weighted by molar-refractivity contribution is 5.44. The van der Waals surface area contributed by atoms with E-state index in [0.29, 0.717) is 6.54 Å². The van der Waals surface area contributed by atoms with Crippen LogP contribution >= 0.6 is 0 Å². The molecule has 0 fully saturated rings. The van der Waals surface area contributed by atoms with E-state index in [1.165, 1.54) is 5.56 Å². The molecule has 1 N–H and O–H groups in total. The standard InChI is InChI=1S/C15H15N5/c1-12-7-9-13(10-8-12)16-11-15-17-18-19-20(15)14-5-3-2-4-6-14/h2-10,16H,11H2,1H3. The first kappa shape index (κ1) is 12.3. The number of nitrogens with one attached hydrogen (secondary N) is 1. The summed E-state index contributed by atoms with van der Waals surface area (Å²) in [6.07, 6.45) is 0. The van der Waals surface area contributed by atoms with Gasteiger partial charge < -0.3 is 5.32 Å². The summed E-state index contributed by atoms with van der Waals surface area (Å²) in [7, 11) is 0. The number of rotatable bonds is 4. The van der Waals surface area contributed by atoms with E-state index in [9.17, 15) is 0 Å². The number of aromatic nitrogens is 4. The minimum atomic E-state index is 0.574. The smallest absolute Gasteiger partial charge is 0.175 e. The van der Waals surface area contributed by atoms with E-state index in [1.54, 1.807) is 4.68 Å². The van der Waals surface area contributed by atoms with Gasteiger partial charge >= 0.3 is 0 Å². The Labute approximate surface area is 117 Å². The molecule has 3 aromatic rings. The van der Waals surface area contributed by atoms with Gasteiger partial charge in [-0.1, -0.05) is 35.9 Å². The van der Waals surface area contributed by atoms with E-state index in [4.69, 9.17) is 0 Å². The van der Waals surface area contributed by atoms with Gasteiger partial charge in [0.05, 0.1) is 12.2 Å². The van der Waals surface area contributed by atoms with Crippen molar-refractivity contribution in [3.63, 3.8) is 0 Å². The van der Waals surface area contributed by atoms with Crippen molar-refractivity contribution in [1.82, 2.24) is 20.2 Å². The topological polar surface area (TPSA) is 55.6 Å². The number of aryl methyl sites for hydroxylation is 1. The molecule has 0 aliphatic rings. The van der Waals surface area contributed by atoms with Crippen molar-refractivity contribution < 1.29 is 0 Å². The number of tetrazole rings is 1. The Morgan fingerprint density at radius 1 is 1.00 bits per heavy atom. The molecule has 5 nitrogen and oxygen atoms in total. The summed E-state index contributed by atoms with van der Waals surface area (Å²) in [5.41, 5.74) is 3.25. The molecule has 0 saturated carbocycles. The normalized spacial score (nSPS) is 10.4. The van der Waals surface area contributed by atoms with Gasteiger partial charge in [-0.2, -0.15) is 4.68 Å². The van der Waals surface area contributed by atoms with Gasteiger partial charge in [0.1, 0.15) is 0 Å². The van der Waals surface area contributed by atoms with Crippen LogP contribution in [0.1, 0.15) is 11.4 Å². The van der Waals surface area contributed by atoms with Crippen LogP contribution in [0.15, 0.2) is 54.6 Å². The summed E-state index contributed by atoms with van der Waals surface area (Å²) in [5, 5.41) is 15.2. The molecule has 0 bridgehead atoms. The first-order valence-corrected chi connectivity index (χ1v) is 6.46. The third kappa shape index (κ3) is 2.66. The number of benzene rings is 2. The molecule has 0 unspecified atom stereocenters. The number of anilines is 1. The highest BCUT2D eigenvalue weighted by Crippen LogP contribution is 2.11. The number of hydrogen-bond donors (Lipinski definition) is 1. The first-order chi connectivity index (χ1) is 9.83. The zero-order valence-electron chi connectivity index (χ0n) is 11.2. The van der Waals surface area contributed by atoms with E-state index in [0.717, 1.165) is 17.2 Å². The van der Waals surface area contributed by atoms with Crippen molar-refractivity contribution in [3.8, 4) is 5.69 Å². The fourth-order valence-electron chi connectivity index (χ4n) is 1.94. The molecule has 0 amide bonds. The Hall–Kier alpha value is -2.69. The zero-order valence-corrected chi connectivity index (χ0v) is 11.2. The predicted molar refractivity (Wildman–Crippen MR) is 77.7 cm³/mol. The molecule has 3 rings (SSSR count). The average molecular weight is 265 g/mol. The summed E-state index contributed by atoms with van der Waals surface area (Å²) in [6, 6.07) is 18.1. The maximum atomic E-state index is 4.06. The lowest BCUT2D eigenvalue weighted by Gasteiger charge is -2.07. The zero-order chi connectivity index (χ0) is 13.8. The molecule has 100 valence electrons. The van der Waals surface area contributed by atoms with E-state index in [1.807, 2.05) is 42.5 Å². The predicted octanol–water partition coefficient (Wildman–Crippen LogP) is 2.58. The lowest BCUT2D eigenvalue weighted by molar-refractivity contribution is 0.768. The number of para-hydroxylation sites is 1. The van der Waals surface area contributed by atoms with E-state index < -0.39 is 0 Å². The molecular weight excluding hydrogens is 250 g/mol. The minimum absolute atomic E-state index is 0.574. The number of nitrogens with zero attached hydrogens (tertiary/aromatic N) is 4.